The summed E-state index contributed by atoms with van der Waals surface area (Å²) in [6.45, 7) is 0. The lowest BCUT2D eigenvalue weighted by atomic mass is 10.1. The average Bonchev–Trinajstić information content (AvgIpc) is 2.86. The van der Waals surface area contributed by atoms with E-state index in [1.54, 1.807) is 6.07 Å². The second-order valence-corrected chi connectivity index (χ2v) is 4.51. The third kappa shape index (κ3) is 2.16. The second kappa shape index (κ2) is 4.92. The zero-order valence-electron chi connectivity index (χ0n) is 10.9. The first kappa shape index (κ1) is 13.7. The molecule has 8 heteroatoms. The number of rotatable bonds is 2. The van der Waals surface area contributed by atoms with Crippen molar-refractivity contribution in [2.24, 2.45) is 0 Å². The van der Waals surface area contributed by atoms with Gasteiger partial charge in [0.25, 0.3) is 5.69 Å². The number of benzene rings is 2. The van der Waals surface area contributed by atoms with Crippen molar-refractivity contribution in [3.63, 3.8) is 0 Å². The Bertz CT molecular complexity index is 920. The van der Waals surface area contributed by atoms with Crippen LogP contribution >= 0.6 is 0 Å². The number of nitro benzene ring substituents is 1. The highest BCUT2D eigenvalue weighted by molar-refractivity contribution is 5.98. The van der Waals surface area contributed by atoms with Crippen LogP contribution in [0.2, 0.25) is 0 Å². The molecule has 0 atom stereocenters. The smallest absolute Gasteiger partial charge is 0.432 e. The van der Waals surface area contributed by atoms with E-state index in [0.717, 1.165) is 0 Å². The molecular weight excluding hydrogens is 293 g/mol. The summed E-state index contributed by atoms with van der Waals surface area (Å²) in [5.41, 5.74) is 0.499. The van der Waals surface area contributed by atoms with Crippen LogP contribution in [0, 0.1) is 15.9 Å². The Balaban J connectivity index is 2.35. The van der Waals surface area contributed by atoms with E-state index in [1.807, 2.05) is 0 Å². The normalized spacial score (nSPS) is 10.8. The molecule has 0 aliphatic heterocycles. The summed E-state index contributed by atoms with van der Waals surface area (Å²) >= 11 is 0. The molecule has 1 heterocycles. The van der Waals surface area contributed by atoms with Crippen molar-refractivity contribution in [1.29, 1.82) is 0 Å². The fourth-order valence-corrected chi connectivity index (χ4v) is 2.21. The molecule has 3 rings (SSSR count). The van der Waals surface area contributed by atoms with Gasteiger partial charge < -0.3 is 5.11 Å². The minimum absolute atomic E-state index is 0.167. The molecule has 22 heavy (non-hydrogen) atoms. The lowest BCUT2D eigenvalue weighted by Crippen LogP contribution is -2.09. The summed E-state index contributed by atoms with van der Waals surface area (Å²) in [7, 11) is 0. The number of carbonyl (C=O) groups is 1. The third-order valence-electron chi connectivity index (χ3n) is 3.15. The number of hydrogen-bond acceptors (Lipinski definition) is 4. The maximum atomic E-state index is 13.4. The molecular formula is C14H8FN3O4. The molecule has 0 bridgehead atoms. The van der Waals surface area contributed by atoms with E-state index in [1.165, 1.54) is 36.4 Å². The van der Waals surface area contributed by atoms with Crippen molar-refractivity contribution in [2.45, 2.75) is 0 Å². The van der Waals surface area contributed by atoms with Crippen LogP contribution in [0.1, 0.15) is 0 Å². The van der Waals surface area contributed by atoms with Crippen LogP contribution in [-0.2, 0) is 0 Å². The van der Waals surface area contributed by atoms with Gasteiger partial charge >= 0.3 is 6.09 Å². The molecule has 1 aromatic heterocycles. The predicted octanol–water partition coefficient (Wildman–Crippen LogP) is 3.28. The summed E-state index contributed by atoms with van der Waals surface area (Å²) < 4.78 is 14.1. The predicted molar refractivity (Wildman–Crippen MR) is 75.2 cm³/mol. The molecule has 7 nitrogen and oxygen atoms in total. The van der Waals surface area contributed by atoms with Gasteiger partial charge in [-0.25, -0.2) is 9.18 Å². The van der Waals surface area contributed by atoms with Crippen LogP contribution < -0.4 is 0 Å². The first-order valence-electron chi connectivity index (χ1n) is 6.14. The zero-order chi connectivity index (χ0) is 15.9. The van der Waals surface area contributed by atoms with Gasteiger partial charge in [-0.2, -0.15) is 9.78 Å². The maximum Gasteiger partial charge on any atom is 0.432 e. The van der Waals surface area contributed by atoms with Crippen LogP contribution in [0.15, 0.2) is 42.5 Å². The number of fused-ring (bicyclic) bond motifs is 1. The van der Waals surface area contributed by atoms with Crippen LogP contribution in [0.5, 0.6) is 0 Å². The van der Waals surface area contributed by atoms with Crippen molar-refractivity contribution in [3.05, 3.63) is 58.4 Å². The van der Waals surface area contributed by atoms with Crippen molar-refractivity contribution in [1.82, 2.24) is 9.78 Å². The van der Waals surface area contributed by atoms with E-state index < -0.39 is 16.8 Å². The van der Waals surface area contributed by atoms with E-state index in [0.29, 0.717) is 10.2 Å². The third-order valence-corrected chi connectivity index (χ3v) is 3.15. The molecule has 0 amide bonds. The highest BCUT2D eigenvalue weighted by Gasteiger charge is 2.19. The number of aromatic nitrogens is 2. The van der Waals surface area contributed by atoms with Gasteiger partial charge in [0.05, 0.1) is 10.4 Å². The quantitative estimate of drug-likeness (QED) is 0.578. The Hall–Kier alpha value is -3.29. The van der Waals surface area contributed by atoms with Crippen molar-refractivity contribution >= 4 is 22.7 Å². The largest absolute Gasteiger partial charge is 0.463 e. The average molecular weight is 301 g/mol. The summed E-state index contributed by atoms with van der Waals surface area (Å²) in [6.07, 6.45) is -1.33. The molecule has 3 aromatic rings. The number of nitrogens with zero attached hydrogens (tertiary/aromatic N) is 3. The van der Waals surface area contributed by atoms with Gasteiger partial charge in [0.15, 0.2) is 0 Å². The lowest BCUT2D eigenvalue weighted by Gasteiger charge is -1.98. The Kier molecular flexibility index (Phi) is 3.06. The lowest BCUT2D eigenvalue weighted by molar-refractivity contribution is -0.384. The van der Waals surface area contributed by atoms with Gasteiger partial charge in [-0.05, 0) is 18.2 Å². The second-order valence-electron chi connectivity index (χ2n) is 4.51. The van der Waals surface area contributed by atoms with Gasteiger partial charge in [0.1, 0.15) is 11.5 Å². The van der Waals surface area contributed by atoms with Crippen molar-refractivity contribution in [2.75, 3.05) is 0 Å². The van der Waals surface area contributed by atoms with Gasteiger partial charge in [0, 0.05) is 23.1 Å². The molecule has 0 aliphatic carbocycles. The molecule has 0 aliphatic rings. The summed E-state index contributed by atoms with van der Waals surface area (Å²) in [6, 6.07) is 9.15. The minimum Gasteiger partial charge on any atom is -0.463 e. The van der Waals surface area contributed by atoms with E-state index in [4.69, 9.17) is 5.11 Å². The molecule has 0 radical (unpaired) electrons. The molecule has 1 N–H and O–H groups in total. The van der Waals surface area contributed by atoms with Gasteiger partial charge in [-0.1, -0.05) is 12.1 Å². The molecule has 0 spiro atoms. The highest BCUT2D eigenvalue weighted by Crippen LogP contribution is 2.31. The van der Waals surface area contributed by atoms with E-state index >= 15 is 0 Å². The monoisotopic (exact) mass is 301 g/mol. The van der Waals surface area contributed by atoms with E-state index in [9.17, 15) is 19.3 Å². The van der Waals surface area contributed by atoms with E-state index in [2.05, 4.69) is 5.10 Å². The topological polar surface area (TPSA) is 98.3 Å². The highest BCUT2D eigenvalue weighted by atomic mass is 19.1. The van der Waals surface area contributed by atoms with Crippen LogP contribution in [-0.4, -0.2) is 25.9 Å². The van der Waals surface area contributed by atoms with Crippen LogP contribution in [0.25, 0.3) is 22.2 Å². The van der Waals surface area contributed by atoms with Crippen molar-refractivity contribution < 1.29 is 19.2 Å². The first-order valence-corrected chi connectivity index (χ1v) is 6.14. The number of nitro groups is 1. The van der Waals surface area contributed by atoms with Gasteiger partial charge in [-0.15, -0.1) is 0 Å². The molecule has 110 valence electrons. The first-order chi connectivity index (χ1) is 10.5. The Morgan fingerprint density at radius 3 is 2.68 bits per heavy atom. The van der Waals surface area contributed by atoms with Crippen molar-refractivity contribution in [3.8, 4) is 11.3 Å². The molecule has 2 aromatic carbocycles. The van der Waals surface area contributed by atoms with Gasteiger partial charge in [0.2, 0.25) is 0 Å². The summed E-state index contributed by atoms with van der Waals surface area (Å²) in [5.74, 6) is -0.513. The molecule has 0 fully saturated rings. The van der Waals surface area contributed by atoms with E-state index in [-0.39, 0.29) is 22.3 Å². The standard InChI is InChI=1S/C14H8FN3O4/c15-9-3-1-2-8(6-9)13-11-7-10(18(21)22)4-5-12(11)17(16-13)14(19)20/h1-7H,(H,19,20). The number of halogens is 1. The fraction of sp³-hybridized carbons (Fsp3) is 0. The molecule has 0 unspecified atom stereocenters. The summed E-state index contributed by atoms with van der Waals surface area (Å²) in [5, 5.41) is 24.3. The van der Waals surface area contributed by atoms with Crippen LogP contribution in [0.3, 0.4) is 0 Å². The Morgan fingerprint density at radius 2 is 2.05 bits per heavy atom. The number of carboxylic acid groups (broad SMARTS) is 1. The van der Waals surface area contributed by atoms with Crippen LogP contribution in [0.4, 0.5) is 14.9 Å². The Morgan fingerprint density at radius 1 is 1.27 bits per heavy atom. The van der Waals surface area contributed by atoms with Gasteiger partial charge in [-0.3, -0.25) is 10.1 Å². The Labute approximate surface area is 122 Å². The fourth-order valence-electron chi connectivity index (χ4n) is 2.21. The molecule has 0 saturated carbocycles. The number of non-ortho nitro benzene ring substituents is 1. The molecule has 0 saturated heterocycles. The zero-order valence-corrected chi connectivity index (χ0v) is 10.9. The minimum atomic E-state index is -1.33. The maximum absolute atomic E-state index is 13.4. The number of hydrogen-bond donors (Lipinski definition) is 1. The summed E-state index contributed by atoms with van der Waals surface area (Å²) in [4.78, 5) is 21.5. The SMILES string of the molecule is O=C(O)n1nc(-c2cccc(F)c2)c2cc([N+](=O)[O-])ccc21.